The summed E-state index contributed by atoms with van der Waals surface area (Å²) >= 11 is 0. The van der Waals surface area contributed by atoms with E-state index in [9.17, 15) is 43.2 Å². The molecule has 0 rings (SSSR count). The van der Waals surface area contributed by atoms with Gasteiger partial charge in [0.2, 0.25) is 0 Å². The minimum Gasteiger partial charge on any atom is -0.462 e. The van der Waals surface area contributed by atoms with E-state index in [4.69, 9.17) is 37.0 Å². The fourth-order valence-electron chi connectivity index (χ4n) is 12.2. The number of rotatable bonds is 77. The molecule has 3 N–H and O–H groups in total. The molecule has 0 aromatic rings. The first-order valence-corrected chi connectivity index (χ1v) is 44.2. The number of hydrogen-bond acceptors (Lipinski definition) is 15. The third-order valence-electron chi connectivity index (χ3n) is 18.9. The first-order valence-electron chi connectivity index (χ1n) is 41.2. The Labute approximate surface area is 607 Å². The van der Waals surface area contributed by atoms with Crippen LogP contribution in [0.25, 0.3) is 0 Å². The van der Waals surface area contributed by atoms with Crippen LogP contribution in [0.2, 0.25) is 0 Å². The molecule has 588 valence electrons. The average molecular weight is 1450 g/mol. The summed E-state index contributed by atoms with van der Waals surface area (Å²) in [5.74, 6) is 0.966. The Kier molecular flexibility index (Phi) is 67.8. The number of aliphatic hydroxyl groups is 1. The molecule has 0 spiro atoms. The zero-order valence-electron chi connectivity index (χ0n) is 65.1. The SMILES string of the molecule is CCC(C)CCCCCCCCC(=O)OC[C@H](COP(=O)(O)OC[C@H](O)COP(=O)(O)OC[C@@H](COC(=O)CCCCCCCCCCCCCCCCCC(C)C)OC(=O)CCCCCCCCCCCCCCCCCCC(C)C)OC(=O)CCCCCCCCCCCC(C)C. The zero-order valence-corrected chi connectivity index (χ0v) is 66.9. The van der Waals surface area contributed by atoms with Crippen molar-refractivity contribution >= 4 is 39.5 Å². The molecule has 0 saturated carbocycles. The van der Waals surface area contributed by atoms with E-state index in [1.807, 2.05) is 0 Å². The van der Waals surface area contributed by atoms with Crippen LogP contribution >= 0.6 is 15.6 Å². The third kappa shape index (κ3) is 72.8. The molecule has 0 heterocycles. The molecule has 99 heavy (non-hydrogen) atoms. The lowest BCUT2D eigenvalue weighted by molar-refractivity contribution is -0.161. The molecule has 6 atom stereocenters. The van der Waals surface area contributed by atoms with Crippen LogP contribution < -0.4 is 0 Å². The monoisotopic (exact) mass is 1450 g/mol. The number of phosphoric acid groups is 2. The summed E-state index contributed by atoms with van der Waals surface area (Å²) in [6.45, 7) is 14.2. The molecule has 17 nitrogen and oxygen atoms in total. The van der Waals surface area contributed by atoms with E-state index in [0.29, 0.717) is 25.7 Å². The van der Waals surface area contributed by atoms with Crippen molar-refractivity contribution in [3.63, 3.8) is 0 Å². The lowest BCUT2D eigenvalue weighted by Gasteiger charge is -2.21. The van der Waals surface area contributed by atoms with Crippen LogP contribution in [0.5, 0.6) is 0 Å². The van der Waals surface area contributed by atoms with Crippen molar-refractivity contribution in [1.29, 1.82) is 0 Å². The van der Waals surface area contributed by atoms with Crippen molar-refractivity contribution < 1.29 is 80.2 Å². The highest BCUT2D eigenvalue weighted by Crippen LogP contribution is 2.45. The summed E-state index contributed by atoms with van der Waals surface area (Å²) in [6, 6.07) is 0. The largest absolute Gasteiger partial charge is 0.472 e. The molecule has 0 aliphatic heterocycles. The predicted molar refractivity (Wildman–Crippen MR) is 404 cm³/mol. The van der Waals surface area contributed by atoms with Crippen LogP contribution in [0.15, 0.2) is 0 Å². The van der Waals surface area contributed by atoms with Gasteiger partial charge in [0.05, 0.1) is 26.4 Å². The van der Waals surface area contributed by atoms with Crippen LogP contribution in [-0.2, 0) is 65.4 Å². The molecule has 0 aliphatic carbocycles. The Bertz CT molecular complexity index is 1940. The predicted octanol–water partition coefficient (Wildman–Crippen LogP) is 23.6. The highest BCUT2D eigenvalue weighted by atomic mass is 31.2. The quantitative estimate of drug-likeness (QED) is 0.0222. The second kappa shape index (κ2) is 69.1. The Balaban J connectivity index is 5.24. The number of phosphoric ester groups is 2. The van der Waals surface area contributed by atoms with E-state index in [1.54, 1.807) is 0 Å². The highest BCUT2D eigenvalue weighted by Gasteiger charge is 2.30. The standard InChI is InChI=1S/C80H156O17P2/c1-9-73(8)59-51-43-38-39-45-53-61-78(83)91-67-76(97-80(85)63-55-47-37-31-25-28-34-42-50-58-72(6)7)69-95-99(88,89)93-65-74(81)64-92-98(86,87)94-68-75(66-90-77(82)60-52-44-35-29-23-19-16-12-14-18-22-27-33-41-49-57-71(4)5)96-79(84)62-54-46-36-30-24-20-15-11-10-13-17-21-26-32-40-48-56-70(2)3/h70-76,81H,9-69H2,1-8H3,(H,86,87)(H,88,89)/t73?,74-,75-,76-/m1/s1. The van der Waals surface area contributed by atoms with E-state index >= 15 is 0 Å². The molecule has 0 radical (unpaired) electrons. The van der Waals surface area contributed by atoms with Gasteiger partial charge in [-0.3, -0.25) is 37.3 Å². The van der Waals surface area contributed by atoms with Crippen molar-refractivity contribution in [3.8, 4) is 0 Å². The number of hydrogen-bond donors (Lipinski definition) is 3. The first kappa shape index (κ1) is 97.1. The van der Waals surface area contributed by atoms with E-state index < -0.39 is 97.5 Å². The van der Waals surface area contributed by atoms with Gasteiger partial charge in [-0.05, 0) is 49.4 Å². The van der Waals surface area contributed by atoms with Crippen LogP contribution in [0.3, 0.4) is 0 Å². The summed E-state index contributed by atoms with van der Waals surface area (Å²) < 4.78 is 68.7. The Morgan fingerprint density at radius 2 is 0.485 bits per heavy atom. The minimum absolute atomic E-state index is 0.104. The molecule has 3 unspecified atom stereocenters. The van der Waals surface area contributed by atoms with Gasteiger partial charge >= 0.3 is 39.5 Å². The number of esters is 4. The second-order valence-corrected chi connectivity index (χ2v) is 33.4. The average Bonchev–Trinajstić information content (AvgIpc) is 1.05. The van der Waals surface area contributed by atoms with Crippen molar-refractivity contribution in [2.45, 2.75) is 427 Å². The van der Waals surface area contributed by atoms with Gasteiger partial charge in [0.15, 0.2) is 12.2 Å². The number of unbranched alkanes of at least 4 members (excludes halogenated alkanes) is 42. The molecule has 0 amide bonds. The summed E-state index contributed by atoms with van der Waals surface area (Å²) in [5, 5.41) is 10.6. The van der Waals surface area contributed by atoms with Gasteiger partial charge in [-0.2, -0.15) is 0 Å². The second-order valence-electron chi connectivity index (χ2n) is 30.5. The van der Waals surface area contributed by atoms with Crippen molar-refractivity contribution in [2.24, 2.45) is 23.7 Å². The Morgan fingerprint density at radius 1 is 0.283 bits per heavy atom. The van der Waals surface area contributed by atoms with Crippen LogP contribution in [-0.4, -0.2) is 96.7 Å². The molecular weight excluding hydrogens is 1290 g/mol. The van der Waals surface area contributed by atoms with Gasteiger partial charge < -0.3 is 33.8 Å². The molecular formula is C80H156O17P2. The van der Waals surface area contributed by atoms with Gasteiger partial charge in [0, 0.05) is 25.7 Å². The fourth-order valence-corrected chi connectivity index (χ4v) is 13.8. The zero-order chi connectivity index (χ0) is 73.1. The number of carbonyl (C=O) groups is 4. The molecule has 0 aromatic carbocycles. The van der Waals surface area contributed by atoms with Gasteiger partial charge in [0.1, 0.15) is 19.3 Å². The first-order chi connectivity index (χ1) is 47.6. The molecule has 0 fully saturated rings. The Hall–Kier alpha value is -1.94. The van der Waals surface area contributed by atoms with E-state index in [2.05, 4.69) is 55.4 Å². The normalized spacial score (nSPS) is 14.3. The molecule has 19 heteroatoms. The molecule has 0 aliphatic rings. The van der Waals surface area contributed by atoms with Crippen LogP contribution in [0.1, 0.15) is 409 Å². The topological polar surface area (TPSA) is 237 Å². The summed E-state index contributed by atoms with van der Waals surface area (Å²) in [6.07, 6.45) is 55.6. The lowest BCUT2D eigenvalue weighted by Crippen LogP contribution is -2.30. The number of aliphatic hydroxyl groups excluding tert-OH is 1. The van der Waals surface area contributed by atoms with Crippen LogP contribution in [0.4, 0.5) is 0 Å². The molecule has 0 saturated heterocycles. The van der Waals surface area contributed by atoms with Crippen molar-refractivity contribution in [2.75, 3.05) is 39.6 Å². The van der Waals surface area contributed by atoms with Gasteiger partial charge in [-0.15, -0.1) is 0 Å². The summed E-state index contributed by atoms with van der Waals surface area (Å²) in [4.78, 5) is 73.0. The van der Waals surface area contributed by atoms with Gasteiger partial charge in [-0.1, -0.05) is 357 Å². The number of carbonyl (C=O) groups excluding carboxylic acids is 4. The molecule has 0 aromatic heterocycles. The van der Waals surface area contributed by atoms with Gasteiger partial charge in [-0.25, -0.2) is 9.13 Å². The fraction of sp³-hybridized carbons (Fsp3) is 0.950. The van der Waals surface area contributed by atoms with Gasteiger partial charge in [0.25, 0.3) is 0 Å². The van der Waals surface area contributed by atoms with E-state index in [0.717, 1.165) is 120 Å². The maximum absolute atomic E-state index is 13.1. The minimum atomic E-state index is -4.96. The lowest BCUT2D eigenvalue weighted by atomic mass is 10.00. The number of ether oxygens (including phenoxy) is 4. The smallest absolute Gasteiger partial charge is 0.462 e. The third-order valence-corrected chi connectivity index (χ3v) is 20.8. The molecule has 0 bridgehead atoms. The van der Waals surface area contributed by atoms with E-state index in [1.165, 1.54) is 205 Å². The van der Waals surface area contributed by atoms with Crippen LogP contribution in [0, 0.1) is 23.7 Å². The summed E-state index contributed by atoms with van der Waals surface area (Å²) in [5.41, 5.74) is 0. The highest BCUT2D eigenvalue weighted by molar-refractivity contribution is 7.47. The maximum atomic E-state index is 13.1. The Morgan fingerprint density at radius 3 is 0.717 bits per heavy atom. The van der Waals surface area contributed by atoms with Crippen molar-refractivity contribution in [3.05, 3.63) is 0 Å². The summed E-state index contributed by atoms with van der Waals surface area (Å²) in [7, 11) is -9.92. The van der Waals surface area contributed by atoms with E-state index in [-0.39, 0.29) is 25.7 Å². The van der Waals surface area contributed by atoms with Crippen molar-refractivity contribution in [1.82, 2.24) is 0 Å². The maximum Gasteiger partial charge on any atom is 0.472 e.